The summed E-state index contributed by atoms with van der Waals surface area (Å²) in [5.74, 6) is -2.17. The van der Waals surface area contributed by atoms with Crippen LogP contribution in [0.15, 0.2) is 48.5 Å². The Morgan fingerprint density at radius 3 is 2.47 bits per heavy atom. The van der Waals surface area contributed by atoms with Crippen LogP contribution in [0.25, 0.3) is 0 Å². The number of ether oxygens (including phenoxy) is 1. The van der Waals surface area contributed by atoms with Crippen molar-refractivity contribution in [3.05, 3.63) is 65.7 Å². The van der Waals surface area contributed by atoms with Crippen LogP contribution in [-0.4, -0.2) is 5.97 Å². The van der Waals surface area contributed by atoms with Crippen molar-refractivity contribution in [3.63, 3.8) is 0 Å². The molecule has 0 aromatic heterocycles. The fourth-order valence-corrected chi connectivity index (χ4v) is 1.30. The molecule has 0 heterocycles. The highest BCUT2D eigenvalue weighted by atomic mass is 19.1. The van der Waals surface area contributed by atoms with Gasteiger partial charge in [0.2, 0.25) is 0 Å². The van der Waals surface area contributed by atoms with Crippen LogP contribution < -0.4 is 4.74 Å². The van der Waals surface area contributed by atoms with Crippen LogP contribution in [0.5, 0.6) is 5.75 Å². The number of benzene rings is 2. The summed E-state index contributed by atoms with van der Waals surface area (Å²) in [7, 11) is 0. The minimum absolute atomic E-state index is 0.0354. The molecule has 0 saturated carbocycles. The van der Waals surface area contributed by atoms with E-state index in [0.29, 0.717) is 0 Å². The molecule has 0 bridgehead atoms. The van der Waals surface area contributed by atoms with Gasteiger partial charge in [-0.1, -0.05) is 18.2 Å². The third-order valence-electron chi connectivity index (χ3n) is 2.10. The minimum atomic E-state index is -0.797. The van der Waals surface area contributed by atoms with E-state index in [1.54, 1.807) is 0 Å². The average Bonchev–Trinajstić information content (AvgIpc) is 2.32. The van der Waals surface area contributed by atoms with E-state index in [0.717, 1.165) is 6.07 Å². The number of carbonyl (C=O) groups excluding carboxylic acids is 1. The maximum Gasteiger partial charge on any atom is 0.343 e. The summed E-state index contributed by atoms with van der Waals surface area (Å²) in [5.41, 5.74) is 0.0354. The SMILES string of the molecule is O=C(Oc1ccccc1F)c1cccc(F)c1. The number of carbonyl (C=O) groups is 1. The second-order valence-corrected chi connectivity index (χ2v) is 3.33. The molecule has 4 heteroatoms. The molecule has 0 aliphatic heterocycles. The standard InChI is InChI=1S/C13H8F2O2/c14-10-5-3-4-9(8-10)13(16)17-12-7-2-1-6-11(12)15/h1-8H. The monoisotopic (exact) mass is 234 g/mol. The van der Waals surface area contributed by atoms with E-state index in [1.807, 2.05) is 0 Å². The molecule has 0 aliphatic rings. The number of halogens is 2. The lowest BCUT2D eigenvalue weighted by Crippen LogP contribution is -2.09. The lowest BCUT2D eigenvalue weighted by molar-refractivity contribution is 0.0727. The smallest absolute Gasteiger partial charge is 0.343 e. The number of hydrogen-bond donors (Lipinski definition) is 0. The van der Waals surface area contributed by atoms with E-state index in [4.69, 9.17) is 4.74 Å². The maximum atomic E-state index is 13.2. The maximum absolute atomic E-state index is 13.2. The van der Waals surface area contributed by atoms with Gasteiger partial charge >= 0.3 is 5.97 Å². The summed E-state index contributed by atoms with van der Waals surface area (Å²) in [6, 6.07) is 10.5. The van der Waals surface area contributed by atoms with Gasteiger partial charge in [0.1, 0.15) is 5.82 Å². The molecule has 0 aliphatic carbocycles. The lowest BCUT2D eigenvalue weighted by Gasteiger charge is -2.04. The first kappa shape index (κ1) is 11.3. The summed E-state index contributed by atoms with van der Waals surface area (Å²) in [6.45, 7) is 0. The van der Waals surface area contributed by atoms with E-state index in [9.17, 15) is 13.6 Å². The highest BCUT2D eigenvalue weighted by Gasteiger charge is 2.11. The van der Waals surface area contributed by atoms with Crippen LogP contribution >= 0.6 is 0 Å². The second-order valence-electron chi connectivity index (χ2n) is 3.33. The zero-order chi connectivity index (χ0) is 12.3. The topological polar surface area (TPSA) is 26.3 Å². The Morgan fingerprint density at radius 2 is 1.76 bits per heavy atom. The van der Waals surface area contributed by atoms with Gasteiger partial charge in [0.25, 0.3) is 0 Å². The molecule has 2 nitrogen and oxygen atoms in total. The fraction of sp³-hybridized carbons (Fsp3) is 0. The molecule has 2 rings (SSSR count). The molecular weight excluding hydrogens is 226 g/mol. The first-order valence-corrected chi connectivity index (χ1v) is 4.89. The van der Waals surface area contributed by atoms with E-state index in [2.05, 4.69) is 0 Å². The lowest BCUT2D eigenvalue weighted by atomic mass is 10.2. The summed E-state index contributed by atoms with van der Waals surface area (Å²) in [5, 5.41) is 0. The van der Waals surface area contributed by atoms with Crippen molar-refractivity contribution in [1.29, 1.82) is 0 Å². The minimum Gasteiger partial charge on any atom is -0.420 e. The molecule has 0 fully saturated rings. The van der Waals surface area contributed by atoms with Gasteiger partial charge in [-0.15, -0.1) is 0 Å². The van der Waals surface area contributed by atoms with E-state index in [-0.39, 0.29) is 11.3 Å². The van der Waals surface area contributed by atoms with Crippen molar-refractivity contribution in [2.45, 2.75) is 0 Å². The summed E-state index contributed by atoms with van der Waals surface area (Å²) >= 11 is 0. The average molecular weight is 234 g/mol. The highest BCUT2D eigenvalue weighted by Crippen LogP contribution is 2.17. The Balaban J connectivity index is 2.20. The molecule has 0 amide bonds. The molecule has 17 heavy (non-hydrogen) atoms. The molecule has 86 valence electrons. The third kappa shape index (κ3) is 2.66. The molecule has 0 radical (unpaired) electrons. The zero-order valence-corrected chi connectivity index (χ0v) is 8.69. The van der Waals surface area contributed by atoms with Crippen LogP contribution in [0.2, 0.25) is 0 Å². The Hall–Kier alpha value is -2.23. The second kappa shape index (κ2) is 4.74. The largest absolute Gasteiger partial charge is 0.420 e. The van der Waals surface area contributed by atoms with Crippen molar-refractivity contribution in [1.82, 2.24) is 0 Å². The van der Waals surface area contributed by atoms with E-state index < -0.39 is 17.6 Å². The molecule has 0 unspecified atom stereocenters. The van der Waals surface area contributed by atoms with Gasteiger partial charge in [0.05, 0.1) is 5.56 Å². The van der Waals surface area contributed by atoms with Gasteiger partial charge in [-0.3, -0.25) is 0 Å². The van der Waals surface area contributed by atoms with Gasteiger partial charge in [0, 0.05) is 0 Å². The first-order valence-electron chi connectivity index (χ1n) is 4.89. The molecule has 0 saturated heterocycles. The molecule has 0 spiro atoms. The number of hydrogen-bond acceptors (Lipinski definition) is 2. The zero-order valence-electron chi connectivity index (χ0n) is 8.69. The predicted molar refractivity (Wildman–Crippen MR) is 57.8 cm³/mol. The van der Waals surface area contributed by atoms with Crippen LogP contribution in [0.4, 0.5) is 8.78 Å². The van der Waals surface area contributed by atoms with E-state index in [1.165, 1.54) is 42.5 Å². The summed E-state index contributed by atoms with van der Waals surface area (Å²) in [4.78, 5) is 11.6. The van der Waals surface area contributed by atoms with Gasteiger partial charge < -0.3 is 4.74 Å². The van der Waals surface area contributed by atoms with Gasteiger partial charge in [-0.2, -0.15) is 0 Å². The van der Waals surface area contributed by atoms with Crippen LogP contribution in [0.1, 0.15) is 10.4 Å². The van der Waals surface area contributed by atoms with Crippen molar-refractivity contribution < 1.29 is 18.3 Å². The van der Waals surface area contributed by atoms with Crippen molar-refractivity contribution in [2.75, 3.05) is 0 Å². The van der Waals surface area contributed by atoms with Crippen molar-refractivity contribution >= 4 is 5.97 Å². The Morgan fingerprint density at radius 1 is 1.00 bits per heavy atom. The molecular formula is C13H8F2O2. The Bertz CT molecular complexity index is 553. The Kier molecular flexibility index (Phi) is 3.14. The number of para-hydroxylation sites is 1. The number of esters is 1. The summed E-state index contributed by atoms with van der Waals surface area (Å²) < 4.78 is 30.9. The fourth-order valence-electron chi connectivity index (χ4n) is 1.30. The molecule has 2 aromatic carbocycles. The molecule has 2 aromatic rings. The van der Waals surface area contributed by atoms with Crippen molar-refractivity contribution in [2.24, 2.45) is 0 Å². The van der Waals surface area contributed by atoms with Gasteiger partial charge in [-0.25, -0.2) is 13.6 Å². The highest BCUT2D eigenvalue weighted by molar-refractivity contribution is 5.91. The van der Waals surface area contributed by atoms with Gasteiger partial charge in [0.15, 0.2) is 11.6 Å². The van der Waals surface area contributed by atoms with Crippen LogP contribution in [-0.2, 0) is 0 Å². The van der Waals surface area contributed by atoms with E-state index >= 15 is 0 Å². The third-order valence-corrected chi connectivity index (χ3v) is 2.10. The van der Waals surface area contributed by atoms with Crippen LogP contribution in [0.3, 0.4) is 0 Å². The molecule has 0 atom stereocenters. The summed E-state index contributed by atoms with van der Waals surface area (Å²) in [6.07, 6.45) is 0. The first-order chi connectivity index (χ1) is 8.16. The van der Waals surface area contributed by atoms with Crippen LogP contribution in [0, 0.1) is 11.6 Å². The Labute approximate surface area is 96.5 Å². The van der Waals surface area contributed by atoms with Gasteiger partial charge in [-0.05, 0) is 30.3 Å². The molecule has 0 N–H and O–H groups in total. The van der Waals surface area contributed by atoms with Crippen molar-refractivity contribution in [3.8, 4) is 5.75 Å². The normalized spacial score (nSPS) is 10.0. The predicted octanol–water partition coefficient (Wildman–Crippen LogP) is 3.18. The number of rotatable bonds is 2. The quantitative estimate of drug-likeness (QED) is 0.589.